The van der Waals surface area contributed by atoms with E-state index in [1.807, 2.05) is 13.8 Å². The van der Waals surface area contributed by atoms with Crippen molar-refractivity contribution in [3.8, 4) is 0 Å². The molecule has 2 heterocycles. The molecule has 0 saturated carbocycles. The first-order chi connectivity index (χ1) is 16.7. The van der Waals surface area contributed by atoms with Crippen molar-refractivity contribution < 1.29 is 19.2 Å². The van der Waals surface area contributed by atoms with Gasteiger partial charge in [-0.1, -0.05) is 52.1 Å². The van der Waals surface area contributed by atoms with E-state index in [1.54, 1.807) is 9.80 Å². The third-order valence-electron chi connectivity index (χ3n) is 7.04. The molecule has 0 atom stereocenters. The minimum atomic E-state index is -0.221. The molecule has 2 aliphatic heterocycles. The van der Waals surface area contributed by atoms with E-state index in [9.17, 15) is 19.2 Å². The summed E-state index contributed by atoms with van der Waals surface area (Å²) >= 11 is 11.2. The topological polar surface area (TPSA) is 81.2 Å². The Morgan fingerprint density at radius 1 is 0.667 bits per heavy atom. The molecule has 6 amide bonds. The molecule has 0 bridgehead atoms. The van der Waals surface area contributed by atoms with E-state index >= 15 is 0 Å². The van der Waals surface area contributed by atoms with Crippen molar-refractivity contribution in [2.45, 2.75) is 80.1 Å². The predicted molar refractivity (Wildman–Crippen MR) is 149 cm³/mol. The lowest BCUT2D eigenvalue weighted by atomic mass is 9.85. The van der Waals surface area contributed by atoms with Gasteiger partial charge in [0.25, 0.3) is 0 Å². The molecular weight excluding hydrogens is 496 g/mol. The smallest absolute Gasteiger partial charge is 0.315 e. The van der Waals surface area contributed by atoms with Gasteiger partial charge >= 0.3 is 12.1 Å². The van der Waals surface area contributed by atoms with Crippen LogP contribution in [-0.2, 0) is 9.59 Å². The summed E-state index contributed by atoms with van der Waals surface area (Å²) < 4.78 is 0. The highest BCUT2D eigenvalue weighted by Crippen LogP contribution is 2.29. The third kappa shape index (κ3) is 8.30. The largest absolute Gasteiger partial charge is 0.327 e. The van der Waals surface area contributed by atoms with Crippen molar-refractivity contribution in [1.82, 2.24) is 19.6 Å². The zero-order chi connectivity index (χ0) is 27.3. The van der Waals surface area contributed by atoms with E-state index in [4.69, 9.17) is 24.4 Å². The molecule has 0 aromatic rings. The second-order valence-electron chi connectivity index (χ2n) is 11.5. The van der Waals surface area contributed by atoms with Gasteiger partial charge in [0.15, 0.2) is 0 Å². The lowest BCUT2D eigenvalue weighted by Crippen LogP contribution is -2.40. The van der Waals surface area contributed by atoms with Crippen LogP contribution in [0, 0.1) is 10.8 Å². The maximum Gasteiger partial charge on any atom is 0.327 e. The van der Waals surface area contributed by atoms with Crippen LogP contribution < -0.4 is 0 Å². The minimum Gasteiger partial charge on any atom is -0.315 e. The predicted octanol–water partition coefficient (Wildman–Crippen LogP) is 4.69. The zero-order valence-corrected chi connectivity index (χ0v) is 24.4. The molecule has 0 aromatic carbocycles. The summed E-state index contributed by atoms with van der Waals surface area (Å²) in [6.07, 6.45) is 4.56. The molecule has 0 radical (unpaired) electrons. The summed E-state index contributed by atoms with van der Waals surface area (Å²) in [4.78, 5) is 57.0. The molecule has 0 spiro atoms. The van der Waals surface area contributed by atoms with Gasteiger partial charge in [0.2, 0.25) is 11.8 Å². The van der Waals surface area contributed by atoms with E-state index in [2.05, 4.69) is 27.7 Å². The fourth-order valence-electron chi connectivity index (χ4n) is 4.49. The second kappa shape index (κ2) is 12.5. The van der Waals surface area contributed by atoms with Gasteiger partial charge in [0, 0.05) is 26.2 Å². The number of carbonyl (C=O) groups is 4. The van der Waals surface area contributed by atoms with Gasteiger partial charge in [0.05, 0.1) is 0 Å². The normalized spacial score (nSPS) is 17.2. The Bertz CT molecular complexity index is 830. The standard InChI is InChI=1S/C26H42N4O4S2/c1-7-27-15-21(31)29(23(27)33)17-25(3,4)13-11-19(35)9-10-20(36)12-14-26(5,6)18-30-22(32)16-28(8-2)24(30)34/h7-18H2,1-6H3. The quantitative estimate of drug-likeness (QED) is 0.222. The zero-order valence-electron chi connectivity index (χ0n) is 22.7. The van der Waals surface area contributed by atoms with Gasteiger partial charge in [-0.15, -0.1) is 0 Å². The highest BCUT2D eigenvalue weighted by molar-refractivity contribution is 7.80. The molecule has 10 heteroatoms. The first kappa shape index (κ1) is 30.3. The van der Waals surface area contributed by atoms with Crippen molar-refractivity contribution in [2.75, 3.05) is 39.3 Å². The molecule has 2 aliphatic rings. The highest BCUT2D eigenvalue weighted by Gasteiger charge is 2.39. The van der Waals surface area contributed by atoms with Crippen LogP contribution in [0.15, 0.2) is 0 Å². The van der Waals surface area contributed by atoms with Crippen molar-refractivity contribution >= 4 is 58.0 Å². The van der Waals surface area contributed by atoms with Crippen LogP contribution in [0.1, 0.15) is 80.1 Å². The second-order valence-corrected chi connectivity index (χ2v) is 12.6. The summed E-state index contributed by atoms with van der Waals surface area (Å²) in [6.45, 7) is 14.2. The lowest BCUT2D eigenvalue weighted by molar-refractivity contribution is -0.127. The first-order valence-corrected chi connectivity index (χ1v) is 13.7. The van der Waals surface area contributed by atoms with Gasteiger partial charge in [-0.3, -0.25) is 19.4 Å². The van der Waals surface area contributed by atoms with Crippen molar-refractivity contribution in [2.24, 2.45) is 10.8 Å². The number of nitrogens with zero attached hydrogens (tertiary/aromatic N) is 4. The van der Waals surface area contributed by atoms with Crippen LogP contribution in [0.2, 0.25) is 0 Å². The Hall–Kier alpha value is -1.94. The number of hydrogen-bond donors (Lipinski definition) is 0. The molecule has 2 fully saturated rings. The number of urea groups is 2. The van der Waals surface area contributed by atoms with Gasteiger partial charge in [-0.25, -0.2) is 9.59 Å². The SMILES string of the molecule is CCN1CC(=O)N(CC(C)(C)CCC(=S)CCC(=S)CCC(C)(C)CN2C(=O)CN(CC)C2=O)C1=O. The highest BCUT2D eigenvalue weighted by atomic mass is 32.1. The summed E-state index contributed by atoms with van der Waals surface area (Å²) in [5.74, 6) is -0.265. The van der Waals surface area contributed by atoms with E-state index in [-0.39, 0.29) is 47.8 Å². The van der Waals surface area contributed by atoms with E-state index in [0.29, 0.717) is 26.2 Å². The average molecular weight is 539 g/mol. The molecule has 0 N–H and O–H groups in total. The van der Waals surface area contributed by atoms with Crippen LogP contribution in [0.4, 0.5) is 9.59 Å². The minimum absolute atomic E-state index is 0.132. The maximum atomic E-state index is 12.4. The molecule has 0 unspecified atom stereocenters. The molecule has 202 valence electrons. The number of hydrogen-bond acceptors (Lipinski definition) is 6. The Kier molecular flexibility index (Phi) is 10.5. The van der Waals surface area contributed by atoms with Crippen molar-refractivity contribution in [3.05, 3.63) is 0 Å². The molecule has 36 heavy (non-hydrogen) atoms. The Balaban J connectivity index is 1.72. The molecule has 0 aliphatic carbocycles. The van der Waals surface area contributed by atoms with Gasteiger partial charge in [0.1, 0.15) is 13.1 Å². The van der Waals surface area contributed by atoms with Crippen LogP contribution >= 0.6 is 24.4 Å². The van der Waals surface area contributed by atoms with Gasteiger partial charge in [-0.05, 0) is 72.9 Å². The number of carbonyl (C=O) groups excluding carboxylic acids is 4. The fourth-order valence-corrected chi connectivity index (χ4v) is 4.90. The maximum absolute atomic E-state index is 12.4. The van der Waals surface area contributed by atoms with Crippen LogP contribution in [0.3, 0.4) is 0 Å². The molecular formula is C26H42N4O4S2. The van der Waals surface area contributed by atoms with Gasteiger partial charge < -0.3 is 9.80 Å². The fraction of sp³-hybridized carbons (Fsp3) is 0.769. The summed E-state index contributed by atoms with van der Waals surface area (Å²) in [5.41, 5.74) is -0.442. The Morgan fingerprint density at radius 3 is 1.28 bits per heavy atom. The molecule has 0 aromatic heterocycles. The summed E-state index contributed by atoms with van der Waals surface area (Å²) in [6, 6.07) is -0.403. The van der Waals surface area contributed by atoms with Gasteiger partial charge in [-0.2, -0.15) is 0 Å². The molecule has 8 nitrogen and oxygen atoms in total. The van der Waals surface area contributed by atoms with Crippen molar-refractivity contribution in [1.29, 1.82) is 0 Å². The average Bonchev–Trinajstić information content (AvgIpc) is 3.23. The van der Waals surface area contributed by atoms with Crippen molar-refractivity contribution in [3.63, 3.8) is 0 Å². The summed E-state index contributed by atoms with van der Waals surface area (Å²) in [5, 5.41) is 0. The third-order valence-corrected chi connectivity index (χ3v) is 7.85. The van der Waals surface area contributed by atoms with E-state index in [1.165, 1.54) is 9.80 Å². The molecule has 2 rings (SSSR count). The number of likely N-dealkylation sites (N-methyl/N-ethyl adjacent to an activating group) is 2. The Labute approximate surface area is 226 Å². The van der Waals surface area contributed by atoms with Crippen LogP contribution in [0.5, 0.6) is 0 Å². The molecule has 2 saturated heterocycles. The summed E-state index contributed by atoms with van der Waals surface area (Å²) in [7, 11) is 0. The monoisotopic (exact) mass is 538 g/mol. The number of imide groups is 2. The van der Waals surface area contributed by atoms with Crippen LogP contribution in [0.25, 0.3) is 0 Å². The number of thiocarbonyl (C=S) groups is 2. The number of amides is 6. The number of rotatable bonds is 15. The lowest BCUT2D eigenvalue weighted by Gasteiger charge is -2.29. The van der Waals surface area contributed by atoms with E-state index in [0.717, 1.165) is 48.3 Å². The first-order valence-electron chi connectivity index (χ1n) is 12.9. The Morgan fingerprint density at radius 2 is 1.00 bits per heavy atom. The van der Waals surface area contributed by atoms with E-state index < -0.39 is 0 Å². The van der Waals surface area contributed by atoms with Crippen LogP contribution in [-0.4, -0.2) is 92.5 Å².